The molecule has 1 atom stereocenters. The number of amides is 2. The highest BCUT2D eigenvalue weighted by atomic mass is 16.2. The molecule has 16 heavy (non-hydrogen) atoms. The molecule has 1 fully saturated rings. The van der Waals surface area contributed by atoms with Crippen molar-refractivity contribution in [1.29, 1.82) is 0 Å². The Morgan fingerprint density at radius 2 is 2.31 bits per heavy atom. The van der Waals surface area contributed by atoms with E-state index in [1.165, 1.54) is 0 Å². The largest absolute Gasteiger partial charge is 0.355 e. The van der Waals surface area contributed by atoms with Crippen molar-refractivity contribution in [2.24, 2.45) is 0 Å². The van der Waals surface area contributed by atoms with E-state index in [2.05, 4.69) is 16.0 Å². The SMILES string of the molecule is CC(C)NC(=O)CCNC1CCCNC1=O. The molecule has 0 spiro atoms. The van der Waals surface area contributed by atoms with Gasteiger partial charge in [0, 0.05) is 25.6 Å². The Labute approximate surface area is 96.4 Å². The third-order valence-corrected chi connectivity index (χ3v) is 2.48. The summed E-state index contributed by atoms with van der Waals surface area (Å²) in [6, 6.07) is 0.0473. The van der Waals surface area contributed by atoms with Crippen LogP contribution in [0.1, 0.15) is 33.1 Å². The van der Waals surface area contributed by atoms with Gasteiger partial charge >= 0.3 is 0 Å². The van der Waals surface area contributed by atoms with E-state index < -0.39 is 0 Å². The summed E-state index contributed by atoms with van der Waals surface area (Å²) in [6.07, 6.45) is 2.28. The molecule has 1 rings (SSSR count). The van der Waals surface area contributed by atoms with Crippen molar-refractivity contribution in [2.75, 3.05) is 13.1 Å². The van der Waals surface area contributed by atoms with Crippen LogP contribution in [0.15, 0.2) is 0 Å². The lowest BCUT2D eigenvalue weighted by molar-refractivity contribution is -0.125. The van der Waals surface area contributed by atoms with Gasteiger partial charge < -0.3 is 16.0 Å². The van der Waals surface area contributed by atoms with Crippen molar-refractivity contribution in [1.82, 2.24) is 16.0 Å². The molecule has 0 aromatic rings. The minimum absolute atomic E-state index is 0.0266. The standard InChI is InChI=1S/C11H21N3O2/c1-8(2)14-10(15)5-7-12-9-4-3-6-13-11(9)16/h8-9,12H,3-7H2,1-2H3,(H,13,16)(H,14,15). The number of piperidine rings is 1. The van der Waals surface area contributed by atoms with Gasteiger partial charge in [-0.05, 0) is 26.7 Å². The van der Waals surface area contributed by atoms with Gasteiger partial charge in [-0.1, -0.05) is 0 Å². The molecule has 1 unspecified atom stereocenters. The van der Waals surface area contributed by atoms with Gasteiger partial charge in [0.15, 0.2) is 0 Å². The third-order valence-electron chi connectivity index (χ3n) is 2.48. The van der Waals surface area contributed by atoms with E-state index in [1.807, 2.05) is 13.8 Å². The van der Waals surface area contributed by atoms with Crippen LogP contribution in [0.3, 0.4) is 0 Å². The van der Waals surface area contributed by atoms with Gasteiger partial charge in [0.25, 0.3) is 0 Å². The zero-order valence-electron chi connectivity index (χ0n) is 10.0. The van der Waals surface area contributed by atoms with E-state index in [4.69, 9.17) is 0 Å². The van der Waals surface area contributed by atoms with Gasteiger partial charge in [-0.3, -0.25) is 9.59 Å². The summed E-state index contributed by atoms with van der Waals surface area (Å²) >= 11 is 0. The summed E-state index contributed by atoms with van der Waals surface area (Å²) in [4.78, 5) is 22.7. The Morgan fingerprint density at radius 1 is 1.56 bits per heavy atom. The molecule has 0 saturated carbocycles. The topological polar surface area (TPSA) is 70.2 Å². The molecule has 2 amide bonds. The summed E-state index contributed by atoms with van der Waals surface area (Å²) in [5, 5.41) is 8.72. The molecule has 1 aliphatic rings. The highest BCUT2D eigenvalue weighted by Gasteiger charge is 2.20. The monoisotopic (exact) mass is 227 g/mol. The van der Waals surface area contributed by atoms with Gasteiger partial charge in [0.2, 0.25) is 11.8 Å². The lowest BCUT2D eigenvalue weighted by Crippen LogP contribution is -2.49. The zero-order chi connectivity index (χ0) is 12.0. The van der Waals surface area contributed by atoms with Gasteiger partial charge in [-0.15, -0.1) is 0 Å². The van der Waals surface area contributed by atoms with Crippen LogP contribution >= 0.6 is 0 Å². The maximum Gasteiger partial charge on any atom is 0.237 e. The Morgan fingerprint density at radius 3 is 2.94 bits per heavy atom. The Balaban J connectivity index is 2.14. The number of hydrogen-bond acceptors (Lipinski definition) is 3. The van der Waals surface area contributed by atoms with Gasteiger partial charge in [0.1, 0.15) is 0 Å². The van der Waals surface area contributed by atoms with E-state index >= 15 is 0 Å². The van der Waals surface area contributed by atoms with E-state index in [0.29, 0.717) is 13.0 Å². The molecule has 1 heterocycles. The molecule has 0 aliphatic carbocycles. The Hall–Kier alpha value is -1.10. The summed E-state index contributed by atoms with van der Waals surface area (Å²) in [7, 11) is 0. The molecule has 1 aliphatic heterocycles. The van der Waals surface area contributed by atoms with Crippen LogP contribution in [0, 0.1) is 0 Å². The first-order valence-corrected chi connectivity index (χ1v) is 5.90. The number of rotatable bonds is 5. The molecule has 1 saturated heterocycles. The number of nitrogens with one attached hydrogen (secondary N) is 3. The second-order valence-corrected chi connectivity index (χ2v) is 4.41. The molecule has 92 valence electrons. The lowest BCUT2D eigenvalue weighted by Gasteiger charge is -2.22. The quantitative estimate of drug-likeness (QED) is 0.607. The molecule has 5 heteroatoms. The third kappa shape index (κ3) is 4.61. The maximum absolute atomic E-state index is 11.4. The summed E-state index contributed by atoms with van der Waals surface area (Å²) in [6.45, 7) is 5.18. The van der Waals surface area contributed by atoms with Crippen LogP contribution in [0.25, 0.3) is 0 Å². The van der Waals surface area contributed by atoms with Crippen LogP contribution < -0.4 is 16.0 Å². The molecule has 5 nitrogen and oxygen atoms in total. The molecule has 0 aromatic carbocycles. The Kier molecular flexibility index (Phi) is 5.25. The number of hydrogen-bond donors (Lipinski definition) is 3. The Bertz CT molecular complexity index is 254. The average molecular weight is 227 g/mol. The number of carbonyl (C=O) groups is 2. The fourth-order valence-electron chi connectivity index (χ4n) is 1.72. The summed E-state index contributed by atoms with van der Waals surface area (Å²) in [5.74, 6) is 0.0780. The van der Waals surface area contributed by atoms with E-state index in [1.54, 1.807) is 0 Å². The lowest BCUT2D eigenvalue weighted by atomic mass is 10.1. The molecular formula is C11H21N3O2. The fourth-order valence-corrected chi connectivity index (χ4v) is 1.72. The van der Waals surface area contributed by atoms with Crippen molar-refractivity contribution in [3.05, 3.63) is 0 Å². The van der Waals surface area contributed by atoms with Crippen LogP contribution in [0.4, 0.5) is 0 Å². The maximum atomic E-state index is 11.4. The van der Waals surface area contributed by atoms with Gasteiger partial charge in [-0.25, -0.2) is 0 Å². The van der Waals surface area contributed by atoms with Crippen molar-refractivity contribution in [2.45, 2.75) is 45.2 Å². The highest BCUT2D eigenvalue weighted by Crippen LogP contribution is 2.02. The summed E-state index contributed by atoms with van der Waals surface area (Å²) in [5.41, 5.74) is 0. The van der Waals surface area contributed by atoms with Gasteiger partial charge in [0.05, 0.1) is 6.04 Å². The smallest absolute Gasteiger partial charge is 0.237 e. The predicted octanol–water partition coefficient (Wildman–Crippen LogP) is -0.231. The van der Waals surface area contributed by atoms with Crippen molar-refractivity contribution in [3.63, 3.8) is 0 Å². The molecule has 3 N–H and O–H groups in total. The second kappa shape index (κ2) is 6.48. The first-order chi connectivity index (χ1) is 7.59. The molecule has 0 aromatic heterocycles. The minimum atomic E-state index is -0.124. The van der Waals surface area contributed by atoms with E-state index in [9.17, 15) is 9.59 Å². The van der Waals surface area contributed by atoms with Crippen molar-refractivity contribution in [3.8, 4) is 0 Å². The minimum Gasteiger partial charge on any atom is -0.355 e. The van der Waals surface area contributed by atoms with Crippen LogP contribution in [0.2, 0.25) is 0 Å². The zero-order valence-corrected chi connectivity index (χ0v) is 10.0. The van der Waals surface area contributed by atoms with E-state index in [-0.39, 0.29) is 23.9 Å². The van der Waals surface area contributed by atoms with Crippen LogP contribution in [0.5, 0.6) is 0 Å². The first-order valence-electron chi connectivity index (χ1n) is 5.90. The number of carbonyl (C=O) groups excluding carboxylic acids is 2. The van der Waals surface area contributed by atoms with Gasteiger partial charge in [-0.2, -0.15) is 0 Å². The van der Waals surface area contributed by atoms with Crippen LogP contribution in [-0.2, 0) is 9.59 Å². The fraction of sp³-hybridized carbons (Fsp3) is 0.818. The molecule has 0 bridgehead atoms. The van der Waals surface area contributed by atoms with E-state index in [0.717, 1.165) is 19.4 Å². The second-order valence-electron chi connectivity index (χ2n) is 4.41. The molecule has 0 radical (unpaired) electrons. The predicted molar refractivity (Wildman–Crippen MR) is 61.9 cm³/mol. The first kappa shape index (κ1) is 13.0. The van der Waals surface area contributed by atoms with Crippen LogP contribution in [-0.4, -0.2) is 37.0 Å². The average Bonchev–Trinajstić information content (AvgIpc) is 2.19. The summed E-state index contributed by atoms with van der Waals surface area (Å²) < 4.78 is 0. The normalized spacial score (nSPS) is 20.7. The van der Waals surface area contributed by atoms with Crippen molar-refractivity contribution >= 4 is 11.8 Å². The highest BCUT2D eigenvalue weighted by molar-refractivity contribution is 5.82. The molecular weight excluding hydrogens is 206 g/mol. The van der Waals surface area contributed by atoms with Crippen molar-refractivity contribution < 1.29 is 9.59 Å².